The van der Waals surface area contributed by atoms with Gasteiger partial charge in [0.2, 0.25) is 5.91 Å². The molecule has 1 aliphatic heterocycles. The molecule has 1 aliphatic rings. The Hall–Kier alpha value is -2.14. The number of amides is 1. The number of carbonyl (C=O) groups excluding carboxylic acids is 1. The molecule has 3 rings (SSSR count). The van der Waals surface area contributed by atoms with Gasteiger partial charge in [-0.05, 0) is 56.0 Å². The zero-order valence-electron chi connectivity index (χ0n) is 16.8. The van der Waals surface area contributed by atoms with Gasteiger partial charge in [-0.3, -0.25) is 9.69 Å². The second-order valence-electron chi connectivity index (χ2n) is 7.91. The van der Waals surface area contributed by atoms with E-state index in [0.29, 0.717) is 18.4 Å². The van der Waals surface area contributed by atoms with Gasteiger partial charge in [-0.1, -0.05) is 32.9 Å². The van der Waals surface area contributed by atoms with Crippen LogP contribution in [0.3, 0.4) is 0 Å². The zero-order chi connectivity index (χ0) is 19.2. The van der Waals surface area contributed by atoms with Gasteiger partial charge in [0.1, 0.15) is 5.82 Å². The topological polar surface area (TPSA) is 50.2 Å². The third kappa shape index (κ3) is 5.42. The molecule has 1 fully saturated rings. The van der Waals surface area contributed by atoms with Crippen molar-refractivity contribution in [2.45, 2.75) is 52.5 Å². The van der Waals surface area contributed by atoms with E-state index in [-0.39, 0.29) is 5.91 Å². The molecule has 1 saturated heterocycles. The number of nitrogens with zero attached hydrogens (tertiary/aromatic N) is 3. The van der Waals surface area contributed by atoms with Crippen molar-refractivity contribution in [3.05, 3.63) is 48.0 Å². The number of aromatic nitrogens is 2. The summed E-state index contributed by atoms with van der Waals surface area (Å²) in [5, 5.41) is 3.02. The van der Waals surface area contributed by atoms with Crippen molar-refractivity contribution < 1.29 is 4.79 Å². The Kier molecular flexibility index (Phi) is 6.67. The number of piperidine rings is 1. The van der Waals surface area contributed by atoms with E-state index < -0.39 is 0 Å². The maximum absolute atomic E-state index is 12.3. The molecule has 1 aromatic heterocycles. The van der Waals surface area contributed by atoms with Gasteiger partial charge in [0.05, 0.1) is 6.54 Å². The number of benzene rings is 1. The maximum Gasteiger partial charge on any atom is 0.238 e. The van der Waals surface area contributed by atoms with Gasteiger partial charge in [0.25, 0.3) is 0 Å². The normalized spacial score (nSPS) is 16.0. The minimum Gasteiger partial charge on any atom is -0.334 e. The van der Waals surface area contributed by atoms with Gasteiger partial charge in [-0.25, -0.2) is 4.98 Å². The molecule has 146 valence electrons. The van der Waals surface area contributed by atoms with Crippen molar-refractivity contribution in [3.8, 4) is 0 Å². The molecule has 1 aromatic carbocycles. The van der Waals surface area contributed by atoms with Crippen LogP contribution in [0.25, 0.3) is 0 Å². The molecular weight excluding hydrogens is 336 g/mol. The predicted molar refractivity (Wildman–Crippen MR) is 110 cm³/mol. The third-order valence-corrected chi connectivity index (χ3v) is 5.44. The zero-order valence-corrected chi connectivity index (χ0v) is 16.8. The predicted octanol–water partition coefficient (Wildman–Crippen LogP) is 3.92. The second kappa shape index (κ2) is 9.18. The lowest BCUT2D eigenvalue weighted by molar-refractivity contribution is -0.117. The molecule has 0 aliphatic carbocycles. The minimum atomic E-state index is 0.0782. The largest absolute Gasteiger partial charge is 0.334 e. The summed E-state index contributed by atoms with van der Waals surface area (Å²) >= 11 is 0. The third-order valence-electron chi connectivity index (χ3n) is 5.44. The molecule has 27 heavy (non-hydrogen) atoms. The van der Waals surface area contributed by atoms with E-state index in [1.54, 1.807) is 0 Å². The van der Waals surface area contributed by atoms with Crippen LogP contribution in [0, 0.1) is 5.92 Å². The van der Waals surface area contributed by atoms with E-state index in [4.69, 9.17) is 0 Å². The summed E-state index contributed by atoms with van der Waals surface area (Å²) in [5.74, 6) is 2.37. The average molecular weight is 369 g/mol. The molecule has 5 heteroatoms. The first-order valence-corrected chi connectivity index (χ1v) is 10.2. The Balaban J connectivity index is 1.43. The highest BCUT2D eigenvalue weighted by atomic mass is 16.2. The molecule has 1 amide bonds. The number of carbonyl (C=O) groups is 1. The Bertz CT molecular complexity index is 727. The Labute approximate surface area is 162 Å². The highest BCUT2D eigenvalue weighted by Gasteiger charge is 2.22. The van der Waals surface area contributed by atoms with Crippen LogP contribution in [0.4, 0.5) is 5.69 Å². The van der Waals surface area contributed by atoms with E-state index in [9.17, 15) is 4.79 Å². The van der Waals surface area contributed by atoms with Crippen LogP contribution >= 0.6 is 0 Å². The number of aryl methyl sites for hydroxylation is 1. The van der Waals surface area contributed by atoms with Gasteiger partial charge in [0.15, 0.2) is 0 Å². The molecule has 0 unspecified atom stereocenters. The Morgan fingerprint density at radius 2 is 1.93 bits per heavy atom. The van der Waals surface area contributed by atoms with E-state index in [1.165, 1.54) is 11.4 Å². The Morgan fingerprint density at radius 3 is 2.56 bits per heavy atom. The number of rotatable bonds is 7. The molecule has 1 N–H and O–H groups in total. The van der Waals surface area contributed by atoms with E-state index in [1.807, 2.05) is 18.3 Å². The fraction of sp³-hybridized carbons (Fsp3) is 0.545. The summed E-state index contributed by atoms with van der Waals surface area (Å²) < 4.78 is 2.30. The molecule has 0 atom stereocenters. The maximum atomic E-state index is 12.3. The van der Waals surface area contributed by atoms with Crippen molar-refractivity contribution in [3.63, 3.8) is 0 Å². The second-order valence-corrected chi connectivity index (χ2v) is 7.91. The van der Waals surface area contributed by atoms with Crippen molar-refractivity contribution in [1.82, 2.24) is 14.5 Å². The Morgan fingerprint density at radius 1 is 1.22 bits per heavy atom. The molecular formula is C22H32N4O. The lowest BCUT2D eigenvalue weighted by atomic mass is 9.96. The molecule has 5 nitrogen and oxygen atoms in total. The summed E-state index contributed by atoms with van der Waals surface area (Å²) in [4.78, 5) is 19.1. The van der Waals surface area contributed by atoms with Crippen LogP contribution in [-0.4, -0.2) is 40.0 Å². The number of nitrogens with one attached hydrogen (secondary N) is 1. The summed E-state index contributed by atoms with van der Waals surface area (Å²) in [6.45, 7) is 10.00. The van der Waals surface area contributed by atoms with E-state index in [0.717, 1.165) is 44.6 Å². The standard InChI is InChI=1S/C22H32N4O/c1-4-18-5-7-20(8-6-18)24-21(27)16-25-12-9-19(10-13-25)15-26-14-11-23-22(26)17(2)3/h5-8,11,14,17,19H,4,9-10,12-13,15-16H2,1-3H3,(H,24,27). The lowest BCUT2D eigenvalue weighted by Crippen LogP contribution is -2.40. The highest BCUT2D eigenvalue weighted by Crippen LogP contribution is 2.21. The van der Waals surface area contributed by atoms with Crippen LogP contribution in [-0.2, 0) is 17.8 Å². The van der Waals surface area contributed by atoms with Crippen LogP contribution < -0.4 is 5.32 Å². The summed E-state index contributed by atoms with van der Waals surface area (Å²) in [6.07, 6.45) is 7.28. The summed E-state index contributed by atoms with van der Waals surface area (Å²) in [6, 6.07) is 8.12. The van der Waals surface area contributed by atoms with E-state index in [2.05, 4.69) is 58.9 Å². The quantitative estimate of drug-likeness (QED) is 0.806. The van der Waals surface area contributed by atoms with Gasteiger partial charge in [0, 0.05) is 30.5 Å². The molecule has 0 spiro atoms. The fourth-order valence-electron chi connectivity index (χ4n) is 3.81. The number of hydrogen-bond donors (Lipinski definition) is 1. The van der Waals surface area contributed by atoms with Gasteiger partial charge < -0.3 is 9.88 Å². The molecule has 0 radical (unpaired) electrons. The van der Waals surface area contributed by atoms with Crippen LogP contribution in [0.5, 0.6) is 0 Å². The molecule has 2 heterocycles. The molecule has 0 bridgehead atoms. The SMILES string of the molecule is CCc1ccc(NC(=O)CN2CCC(Cn3ccnc3C(C)C)CC2)cc1. The first-order valence-electron chi connectivity index (χ1n) is 10.2. The number of anilines is 1. The first kappa shape index (κ1) is 19.6. The number of imidazole rings is 1. The average Bonchev–Trinajstić information content (AvgIpc) is 3.12. The van der Waals surface area contributed by atoms with Crippen molar-refractivity contribution in [1.29, 1.82) is 0 Å². The van der Waals surface area contributed by atoms with Crippen LogP contribution in [0.1, 0.15) is 50.9 Å². The monoisotopic (exact) mass is 368 g/mol. The fourth-order valence-corrected chi connectivity index (χ4v) is 3.81. The van der Waals surface area contributed by atoms with Crippen LogP contribution in [0.2, 0.25) is 0 Å². The lowest BCUT2D eigenvalue weighted by Gasteiger charge is -2.32. The number of hydrogen-bond acceptors (Lipinski definition) is 3. The highest BCUT2D eigenvalue weighted by molar-refractivity contribution is 5.92. The van der Waals surface area contributed by atoms with Crippen LogP contribution in [0.15, 0.2) is 36.7 Å². The smallest absolute Gasteiger partial charge is 0.238 e. The minimum absolute atomic E-state index is 0.0782. The van der Waals surface area contributed by atoms with Gasteiger partial charge >= 0.3 is 0 Å². The van der Waals surface area contributed by atoms with E-state index >= 15 is 0 Å². The van der Waals surface area contributed by atoms with Gasteiger partial charge in [-0.15, -0.1) is 0 Å². The molecule has 0 saturated carbocycles. The van der Waals surface area contributed by atoms with Crippen molar-refractivity contribution in [2.24, 2.45) is 5.92 Å². The van der Waals surface area contributed by atoms with Crippen molar-refractivity contribution >= 4 is 11.6 Å². The first-order chi connectivity index (χ1) is 13.0. The number of likely N-dealkylation sites (tertiary alicyclic amines) is 1. The summed E-state index contributed by atoms with van der Waals surface area (Å²) in [5.41, 5.74) is 2.17. The summed E-state index contributed by atoms with van der Waals surface area (Å²) in [7, 11) is 0. The van der Waals surface area contributed by atoms with Crippen molar-refractivity contribution in [2.75, 3.05) is 25.0 Å². The van der Waals surface area contributed by atoms with Gasteiger partial charge in [-0.2, -0.15) is 0 Å². The molecule has 2 aromatic rings.